The molecule has 2 aliphatic rings. The van der Waals surface area contributed by atoms with Crippen molar-refractivity contribution in [3.05, 3.63) is 0 Å². The second kappa shape index (κ2) is 6.05. The Balaban J connectivity index is 2.03. The van der Waals surface area contributed by atoms with Crippen molar-refractivity contribution in [1.82, 2.24) is 10.2 Å². The Hall–Kier alpha value is -0.570. The fourth-order valence-corrected chi connectivity index (χ4v) is 3.73. The third-order valence-corrected chi connectivity index (χ3v) is 4.87. The number of nitrogens with zero attached hydrogens (tertiary/aromatic N) is 1. The number of nitrogens with one attached hydrogen (secondary N) is 1. The van der Waals surface area contributed by atoms with Crippen LogP contribution in [0.1, 0.15) is 58.3 Å². The van der Waals surface area contributed by atoms with E-state index in [1.807, 2.05) is 7.05 Å². The van der Waals surface area contributed by atoms with E-state index < -0.39 is 0 Å². The highest BCUT2D eigenvalue weighted by atomic mass is 16.2. The van der Waals surface area contributed by atoms with E-state index in [2.05, 4.69) is 17.1 Å². The van der Waals surface area contributed by atoms with E-state index in [0.29, 0.717) is 11.9 Å². The first-order chi connectivity index (χ1) is 8.69. The third-order valence-electron chi connectivity index (χ3n) is 4.87. The van der Waals surface area contributed by atoms with E-state index in [-0.39, 0.29) is 5.41 Å². The van der Waals surface area contributed by atoms with E-state index in [1.165, 1.54) is 32.1 Å². The van der Waals surface area contributed by atoms with Gasteiger partial charge in [0.1, 0.15) is 0 Å². The molecule has 1 atom stereocenters. The van der Waals surface area contributed by atoms with Gasteiger partial charge in [-0.2, -0.15) is 0 Å². The van der Waals surface area contributed by atoms with Crippen LogP contribution in [0.15, 0.2) is 0 Å². The van der Waals surface area contributed by atoms with Crippen molar-refractivity contribution in [2.45, 2.75) is 64.3 Å². The Bertz CT molecular complexity index is 278. The lowest BCUT2D eigenvalue weighted by molar-refractivity contribution is -0.143. The second-order valence-corrected chi connectivity index (χ2v) is 6.16. The van der Waals surface area contributed by atoms with Crippen molar-refractivity contribution >= 4 is 5.91 Å². The molecule has 1 aliphatic heterocycles. The summed E-state index contributed by atoms with van der Waals surface area (Å²) >= 11 is 0. The molecule has 104 valence electrons. The summed E-state index contributed by atoms with van der Waals surface area (Å²) in [4.78, 5) is 14.9. The summed E-state index contributed by atoms with van der Waals surface area (Å²) in [6.45, 7) is 4.08. The lowest BCUT2D eigenvalue weighted by Gasteiger charge is -2.38. The van der Waals surface area contributed by atoms with Crippen LogP contribution >= 0.6 is 0 Å². The first-order valence-corrected chi connectivity index (χ1v) is 7.67. The summed E-state index contributed by atoms with van der Waals surface area (Å²) in [7, 11) is 2.04. The molecule has 1 N–H and O–H groups in total. The molecular formula is C15H28N2O. The van der Waals surface area contributed by atoms with Gasteiger partial charge >= 0.3 is 0 Å². The number of hydrogen-bond acceptors (Lipinski definition) is 2. The average molecular weight is 252 g/mol. The normalized spacial score (nSPS) is 29.4. The van der Waals surface area contributed by atoms with Gasteiger partial charge in [0.05, 0.1) is 5.41 Å². The predicted octanol–water partition coefficient (Wildman–Crippen LogP) is 2.56. The van der Waals surface area contributed by atoms with Crippen LogP contribution in [-0.2, 0) is 4.79 Å². The van der Waals surface area contributed by atoms with E-state index in [0.717, 1.165) is 32.4 Å². The molecule has 1 aliphatic carbocycles. The van der Waals surface area contributed by atoms with E-state index in [4.69, 9.17) is 0 Å². The number of hydrogen-bond donors (Lipinski definition) is 1. The van der Waals surface area contributed by atoms with Gasteiger partial charge in [0.25, 0.3) is 0 Å². The van der Waals surface area contributed by atoms with E-state index in [1.54, 1.807) is 0 Å². The van der Waals surface area contributed by atoms with Gasteiger partial charge in [0.2, 0.25) is 5.91 Å². The van der Waals surface area contributed by atoms with Crippen molar-refractivity contribution in [2.75, 3.05) is 20.1 Å². The SMILES string of the molecule is CCCC1(C(=O)N(C)C2CCCCC2)CCNC1. The zero-order valence-electron chi connectivity index (χ0n) is 12.0. The highest BCUT2D eigenvalue weighted by Crippen LogP contribution is 2.35. The van der Waals surface area contributed by atoms with Gasteiger partial charge in [-0.1, -0.05) is 32.6 Å². The zero-order valence-corrected chi connectivity index (χ0v) is 12.0. The fraction of sp³-hybridized carbons (Fsp3) is 0.933. The molecule has 1 heterocycles. The molecule has 0 spiro atoms. The Kier molecular flexibility index (Phi) is 4.66. The minimum absolute atomic E-state index is 0.0963. The standard InChI is InChI=1S/C15H28N2O/c1-3-9-15(10-11-16-12-15)14(18)17(2)13-7-5-4-6-8-13/h13,16H,3-12H2,1-2H3. The van der Waals surface area contributed by atoms with Gasteiger partial charge in [0, 0.05) is 19.6 Å². The molecule has 1 saturated carbocycles. The first kappa shape index (κ1) is 13.9. The lowest BCUT2D eigenvalue weighted by Crippen LogP contribution is -2.48. The molecule has 1 saturated heterocycles. The molecule has 18 heavy (non-hydrogen) atoms. The summed E-state index contributed by atoms with van der Waals surface area (Å²) in [5, 5.41) is 3.39. The molecule has 3 heteroatoms. The van der Waals surface area contributed by atoms with Crippen LogP contribution in [0.4, 0.5) is 0 Å². The average Bonchev–Trinajstić information content (AvgIpc) is 2.88. The summed E-state index contributed by atoms with van der Waals surface area (Å²) in [6.07, 6.45) is 9.51. The van der Waals surface area contributed by atoms with Gasteiger partial charge in [-0.3, -0.25) is 4.79 Å². The molecule has 2 rings (SSSR count). The minimum atomic E-state index is -0.0963. The molecule has 1 amide bonds. The fourth-order valence-electron chi connectivity index (χ4n) is 3.73. The van der Waals surface area contributed by atoms with Crippen molar-refractivity contribution in [2.24, 2.45) is 5.41 Å². The zero-order chi connectivity index (χ0) is 13.0. The van der Waals surface area contributed by atoms with Crippen molar-refractivity contribution < 1.29 is 4.79 Å². The maximum absolute atomic E-state index is 12.8. The summed E-state index contributed by atoms with van der Waals surface area (Å²) in [6, 6.07) is 0.501. The number of carbonyl (C=O) groups is 1. The Morgan fingerprint density at radius 2 is 2.06 bits per heavy atom. The third kappa shape index (κ3) is 2.71. The maximum atomic E-state index is 12.8. The van der Waals surface area contributed by atoms with Gasteiger partial charge in [-0.05, 0) is 32.2 Å². The van der Waals surface area contributed by atoms with Crippen LogP contribution in [0.2, 0.25) is 0 Å². The van der Waals surface area contributed by atoms with Gasteiger partial charge in [-0.25, -0.2) is 0 Å². The molecule has 0 aromatic rings. The Morgan fingerprint density at radius 1 is 1.33 bits per heavy atom. The smallest absolute Gasteiger partial charge is 0.230 e. The number of carbonyl (C=O) groups excluding carboxylic acids is 1. The van der Waals surface area contributed by atoms with Crippen molar-refractivity contribution in [1.29, 1.82) is 0 Å². The highest BCUT2D eigenvalue weighted by molar-refractivity contribution is 5.83. The topological polar surface area (TPSA) is 32.3 Å². The first-order valence-electron chi connectivity index (χ1n) is 7.67. The van der Waals surface area contributed by atoms with Crippen molar-refractivity contribution in [3.8, 4) is 0 Å². The Morgan fingerprint density at radius 3 is 2.61 bits per heavy atom. The summed E-state index contributed by atoms with van der Waals surface area (Å²) in [5.74, 6) is 0.404. The molecule has 3 nitrogen and oxygen atoms in total. The van der Waals surface area contributed by atoms with Crippen molar-refractivity contribution in [3.63, 3.8) is 0 Å². The summed E-state index contributed by atoms with van der Waals surface area (Å²) in [5.41, 5.74) is -0.0963. The van der Waals surface area contributed by atoms with E-state index >= 15 is 0 Å². The molecule has 0 radical (unpaired) electrons. The number of rotatable bonds is 4. The molecule has 0 aromatic heterocycles. The van der Waals surface area contributed by atoms with Crippen LogP contribution in [0.25, 0.3) is 0 Å². The Labute approximate surface area is 111 Å². The molecule has 0 bridgehead atoms. The molecule has 2 fully saturated rings. The van der Waals surface area contributed by atoms with Crippen LogP contribution in [0.3, 0.4) is 0 Å². The molecular weight excluding hydrogens is 224 g/mol. The van der Waals surface area contributed by atoms with Gasteiger partial charge in [0.15, 0.2) is 0 Å². The van der Waals surface area contributed by atoms with Crippen LogP contribution < -0.4 is 5.32 Å². The van der Waals surface area contributed by atoms with Crippen LogP contribution in [-0.4, -0.2) is 37.0 Å². The lowest BCUT2D eigenvalue weighted by atomic mass is 9.80. The quantitative estimate of drug-likeness (QED) is 0.834. The predicted molar refractivity (Wildman–Crippen MR) is 74.5 cm³/mol. The monoisotopic (exact) mass is 252 g/mol. The van der Waals surface area contributed by atoms with E-state index in [9.17, 15) is 4.79 Å². The largest absolute Gasteiger partial charge is 0.342 e. The number of amides is 1. The highest BCUT2D eigenvalue weighted by Gasteiger charge is 2.43. The van der Waals surface area contributed by atoms with Crippen LogP contribution in [0.5, 0.6) is 0 Å². The summed E-state index contributed by atoms with van der Waals surface area (Å²) < 4.78 is 0. The minimum Gasteiger partial charge on any atom is -0.342 e. The van der Waals surface area contributed by atoms with Gasteiger partial charge < -0.3 is 10.2 Å². The van der Waals surface area contributed by atoms with Crippen LogP contribution in [0, 0.1) is 5.41 Å². The molecule has 1 unspecified atom stereocenters. The second-order valence-electron chi connectivity index (χ2n) is 6.16. The van der Waals surface area contributed by atoms with Gasteiger partial charge in [-0.15, -0.1) is 0 Å². The molecule has 0 aromatic carbocycles. The maximum Gasteiger partial charge on any atom is 0.230 e.